The molecule has 0 saturated carbocycles. The summed E-state index contributed by atoms with van der Waals surface area (Å²) in [6.07, 6.45) is 2.74. The number of nitrogens with one attached hydrogen (secondary N) is 1. The van der Waals surface area contributed by atoms with Crippen LogP contribution in [0.1, 0.15) is 12.0 Å². The van der Waals surface area contributed by atoms with E-state index in [-0.39, 0.29) is 17.3 Å². The Morgan fingerprint density at radius 2 is 1.75 bits per heavy atom. The molecule has 1 heterocycles. The molecule has 32 heavy (non-hydrogen) atoms. The lowest BCUT2D eigenvalue weighted by Gasteiger charge is -2.26. The summed E-state index contributed by atoms with van der Waals surface area (Å²) in [5.74, 6) is -0.322. The molecule has 1 amide bonds. The number of rotatable bonds is 10. The zero-order valence-electron chi connectivity index (χ0n) is 18.6. The summed E-state index contributed by atoms with van der Waals surface area (Å²) < 4.78 is 33.3. The number of carbonyl (C=O) groups excluding carboxylic acids is 1. The Balaban J connectivity index is 1.68. The number of hydrogen-bond donors (Lipinski definition) is 1. The number of sulfonamides is 1. The Morgan fingerprint density at radius 1 is 1.09 bits per heavy atom. The molecule has 7 nitrogen and oxygen atoms in total. The summed E-state index contributed by atoms with van der Waals surface area (Å²) in [6, 6.07) is 13.9. The highest BCUT2D eigenvalue weighted by Crippen LogP contribution is 2.25. The first-order valence-electron chi connectivity index (χ1n) is 10.7. The normalized spacial score (nSPS) is 14.8. The number of ether oxygens (including phenoxy) is 1. The second-order valence-electron chi connectivity index (χ2n) is 7.68. The van der Waals surface area contributed by atoms with Crippen LogP contribution in [0, 0.1) is 6.92 Å². The second-order valence-corrected chi connectivity index (χ2v) is 10.4. The van der Waals surface area contributed by atoms with Gasteiger partial charge in [-0.15, -0.1) is 11.8 Å². The molecule has 1 fully saturated rings. The fraction of sp³-hybridized carbons (Fsp3) is 0.435. The molecule has 0 atom stereocenters. The molecule has 1 N–H and O–H groups in total. The Labute approximate surface area is 195 Å². The number of morpholine rings is 1. The molecule has 0 bridgehead atoms. The molecule has 0 aliphatic carbocycles. The fourth-order valence-corrected chi connectivity index (χ4v) is 5.27. The van der Waals surface area contributed by atoms with Crippen molar-refractivity contribution >= 4 is 33.4 Å². The van der Waals surface area contributed by atoms with Crippen molar-refractivity contribution in [3.8, 4) is 0 Å². The number of aryl methyl sites for hydroxylation is 1. The van der Waals surface area contributed by atoms with Crippen LogP contribution in [-0.2, 0) is 19.6 Å². The number of carbonyl (C=O) groups is 1. The summed E-state index contributed by atoms with van der Waals surface area (Å²) in [6.45, 7) is 6.34. The summed E-state index contributed by atoms with van der Waals surface area (Å²) in [5.41, 5.74) is 1.48. The number of benzene rings is 2. The molecular weight excluding hydrogens is 446 g/mol. The van der Waals surface area contributed by atoms with E-state index in [4.69, 9.17) is 4.74 Å². The van der Waals surface area contributed by atoms with Crippen LogP contribution in [0.2, 0.25) is 0 Å². The van der Waals surface area contributed by atoms with Gasteiger partial charge in [-0.1, -0.05) is 17.7 Å². The molecule has 0 radical (unpaired) electrons. The van der Waals surface area contributed by atoms with Gasteiger partial charge in [-0.05, 0) is 62.5 Å². The van der Waals surface area contributed by atoms with Gasteiger partial charge in [-0.3, -0.25) is 14.0 Å². The zero-order chi connectivity index (χ0) is 23.0. The molecule has 174 valence electrons. The molecule has 0 unspecified atom stereocenters. The summed E-state index contributed by atoms with van der Waals surface area (Å²) in [5, 5.41) is 2.87. The van der Waals surface area contributed by atoms with Crippen molar-refractivity contribution < 1.29 is 17.9 Å². The van der Waals surface area contributed by atoms with Crippen LogP contribution in [0.3, 0.4) is 0 Å². The van der Waals surface area contributed by atoms with Crippen LogP contribution in [0.15, 0.2) is 58.3 Å². The topological polar surface area (TPSA) is 79.0 Å². The average Bonchev–Trinajstić information content (AvgIpc) is 2.81. The highest BCUT2D eigenvalue weighted by molar-refractivity contribution is 7.98. The summed E-state index contributed by atoms with van der Waals surface area (Å²) in [7, 11) is -3.89. The quantitative estimate of drug-likeness (QED) is 0.419. The predicted octanol–water partition coefficient (Wildman–Crippen LogP) is 2.75. The molecule has 1 saturated heterocycles. The first-order chi connectivity index (χ1) is 15.4. The Morgan fingerprint density at radius 3 is 2.38 bits per heavy atom. The lowest BCUT2D eigenvalue weighted by atomic mass is 10.2. The molecule has 0 spiro atoms. The number of nitrogens with zero attached hydrogens (tertiary/aromatic N) is 2. The van der Waals surface area contributed by atoms with Crippen molar-refractivity contribution in [1.29, 1.82) is 0 Å². The van der Waals surface area contributed by atoms with Crippen LogP contribution in [0.5, 0.6) is 0 Å². The second kappa shape index (κ2) is 11.7. The minimum absolute atomic E-state index is 0.163. The molecule has 9 heteroatoms. The van der Waals surface area contributed by atoms with Crippen molar-refractivity contribution in [3.63, 3.8) is 0 Å². The SMILES string of the molecule is CSc1ccc(S(=O)(=O)N(CC(=O)NCCCN2CCOCC2)c2ccc(C)cc2)cc1. The Kier molecular flexibility index (Phi) is 8.98. The Bertz CT molecular complexity index is 973. The lowest BCUT2D eigenvalue weighted by molar-refractivity contribution is -0.119. The largest absolute Gasteiger partial charge is 0.379 e. The van der Waals surface area contributed by atoms with Gasteiger partial charge in [-0.2, -0.15) is 0 Å². The van der Waals surface area contributed by atoms with Crippen molar-refractivity contribution in [1.82, 2.24) is 10.2 Å². The van der Waals surface area contributed by atoms with E-state index in [2.05, 4.69) is 10.2 Å². The van der Waals surface area contributed by atoms with E-state index in [1.165, 1.54) is 4.31 Å². The maximum absolute atomic E-state index is 13.4. The minimum atomic E-state index is -3.89. The lowest BCUT2D eigenvalue weighted by Crippen LogP contribution is -2.42. The standard InChI is InChI=1S/C23H31N3O4S2/c1-19-4-6-20(7-5-19)26(32(28,29)22-10-8-21(31-2)9-11-22)18-23(27)24-12-3-13-25-14-16-30-17-15-25/h4-11H,3,12-18H2,1-2H3,(H,24,27). The van der Waals surface area contributed by atoms with Crippen LogP contribution in [0.4, 0.5) is 5.69 Å². The smallest absolute Gasteiger partial charge is 0.264 e. The number of hydrogen-bond acceptors (Lipinski definition) is 6. The van der Waals surface area contributed by atoms with Gasteiger partial charge in [0, 0.05) is 24.5 Å². The monoisotopic (exact) mass is 477 g/mol. The van der Waals surface area contributed by atoms with Gasteiger partial charge in [-0.25, -0.2) is 8.42 Å². The van der Waals surface area contributed by atoms with E-state index in [1.54, 1.807) is 48.2 Å². The third-order valence-electron chi connectivity index (χ3n) is 5.33. The van der Waals surface area contributed by atoms with E-state index in [0.717, 1.165) is 49.7 Å². The van der Waals surface area contributed by atoms with Gasteiger partial charge in [0.05, 0.1) is 23.8 Å². The fourth-order valence-electron chi connectivity index (χ4n) is 3.44. The van der Waals surface area contributed by atoms with Crippen molar-refractivity contribution in [2.75, 3.05) is 56.5 Å². The molecule has 3 rings (SSSR count). The van der Waals surface area contributed by atoms with Crippen LogP contribution in [-0.4, -0.2) is 71.4 Å². The van der Waals surface area contributed by atoms with Gasteiger partial charge in [0.15, 0.2) is 0 Å². The predicted molar refractivity (Wildman–Crippen MR) is 129 cm³/mol. The molecule has 2 aromatic rings. The maximum Gasteiger partial charge on any atom is 0.264 e. The van der Waals surface area contributed by atoms with Crippen LogP contribution < -0.4 is 9.62 Å². The summed E-state index contributed by atoms with van der Waals surface area (Å²) >= 11 is 1.54. The van der Waals surface area contributed by atoms with E-state index in [9.17, 15) is 13.2 Å². The van der Waals surface area contributed by atoms with Gasteiger partial charge in [0.1, 0.15) is 6.54 Å². The average molecular weight is 478 g/mol. The third-order valence-corrected chi connectivity index (χ3v) is 7.87. The Hall–Kier alpha value is -2.07. The third kappa shape index (κ3) is 6.71. The van der Waals surface area contributed by atoms with Crippen LogP contribution >= 0.6 is 11.8 Å². The number of amides is 1. The van der Waals surface area contributed by atoms with E-state index in [0.29, 0.717) is 12.2 Å². The number of thioether (sulfide) groups is 1. The first kappa shape index (κ1) is 24.6. The maximum atomic E-state index is 13.4. The van der Waals surface area contributed by atoms with Crippen molar-refractivity contribution in [3.05, 3.63) is 54.1 Å². The van der Waals surface area contributed by atoms with Gasteiger partial charge in [0.2, 0.25) is 5.91 Å². The van der Waals surface area contributed by atoms with Crippen molar-refractivity contribution in [2.45, 2.75) is 23.1 Å². The van der Waals surface area contributed by atoms with E-state index < -0.39 is 10.0 Å². The van der Waals surface area contributed by atoms with Gasteiger partial charge < -0.3 is 10.1 Å². The van der Waals surface area contributed by atoms with Gasteiger partial charge in [0.25, 0.3) is 10.0 Å². The van der Waals surface area contributed by atoms with E-state index >= 15 is 0 Å². The van der Waals surface area contributed by atoms with Crippen molar-refractivity contribution in [2.24, 2.45) is 0 Å². The van der Waals surface area contributed by atoms with Gasteiger partial charge >= 0.3 is 0 Å². The number of anilines is 1. The van der Waals surface area contributed by atoms with Crippen LogP contribution in [0.25, 0.3) is 0 Å². The summed E-state index contributed by atoms with van der Waals surface area (Å²) in [4.78, 5) is 16.1. The first-order valence-corrected chi connectivity index (χ1v) is 13.4. The molecule has 1 aliphatic heterocycles. The van der Waals surface area contributed by atoms with E-state index in [1.807, 2.05) is 25.3 Å². The zero-order valence-corrected chi connectivity index (χ0v) is 20.3. The molecule has 1 aliphatic rings. The molecule has 2 aromatic carbocycles. The molecular formula is C23H31N3O4S2. The highest BCUT2D eigenvalue weighted by Gasteiger charge is 2.27. The molecule has 0 aromatic heterocycles. The highest BCUT2D eigenvalue weighted by atomic mass is 32.2. The minimum Gasteiger partial charge on any atom is -0.379 e.